The number of nitrogens with one attached hydrogen (secondary N) is 1. The Balaban J connectivity index is 1.62. The van der Waals surface area contributed by atoms with E-state index in [-0.39, 0.29) is 30.3 Å². The molecular formula is C19H17ClN4O4S. The predicted molar refractivity (Wildman–Crippen MR) is 106 cm³/mol. The highest BCUT2D eigenvalue weighted by Gasteiger charge is 2.39. The van der Waals surface area contributed by atoms with E-state index in [1.165, 1.54) is 12.1 Å². The molecule has 4 rings (SSSR count). The van der Waals surface area contributed by atoms with Crippen LogP contribution in [-0.2, 0) is 21.2 Å². The number of aromatic nitrogens is 2. The summed E-state index contributed by atoms with van der Waals surface area (Å²) in [6, 6.07) is 14.2. The van der Waals surface area contributed by atoms with Crippen LogP contribution in [0.3, 0.4) is 0 Å². The summed E-state index contributed by atoms with van der Waals surface area (Å²) in [6.07, 6.45) is -0.0362. The molecule has 29 heavy (non-hydrogen) atoms. The average Bonchev–Trinajstić information content (AvgIpc) is 3.19. The van der Waals surface area contributed by atoms with E-state index in [1.807, 2.05) is 30.3 Å². The number of carbonyl (C=O) groups is 1. The van der Waals surface area contributed by atoms with E-state index in [1.54, 1.807) is 12.1 Å². The second-order valence-corrected chi connectivity index (χ2v) is 8.79. The first-order valence-corrected chi connectivity index (χ1v) is 10.7. The summed E-state index contributed by atoms with van der Waals surface area (Å²) in [7, 11) is -3.93. The zero-order chi connectivity index (χ0) is 20.4. The SMILES string of the molecule is O=C1NCCN(S(=O)(=O)c2cccc(Cl)c2)C1Cc1nc(-c2ccccc2)no1. The summed E-state index contributed by atoms with van der Waals surface area (Å²) in [5, 5.41) is 6.93. The first kappa shape index (κ1) is 19.6. The van der Waals surface area contributed by atoms with Gasteiger partial charge in [0.05, 0.1) is 11.3 Å². The van der Waals surface area contributed by atoms with Gasteiger partial charge in [-0.2, -0.15) is 9.29 Å². The van der Waals surface area contributed by atoms with Crippen molar-refractivity contribution in [3.63, 3.8) is 0 Å². The zero-order valence-electron chi connectivity index (χ0n) is 15.2. The Labute approximate surface area is 172 Å². The number of sulfonamides is 1. The quantitative estimate of drug-likeness (QED) is 0.662. The van der Waals surface area contributed by atoms with Gasteiger partial charge in [-0.15, -0.1) is 0 Å². The Morgan fingerprint density at radius 1 is 1.17 bits per heavy atom. The third-order valence-corrected chi connectivity index (χ3v) is 6.69. The van der Waals surface area contributed by atoms with Gasteiger partial charge in [0.1, 0.15) is 6.04 Å². The summed E-state index contributed by atoms with van der Waals surface area (Å²) in [5.41, 5.74) is 0.763. The standard InChI is InChI=1S/C19H17ClN4O4S/c20-14-7-4-8-15(11-14)29(26,27)24-10-9-21-19(25)16(24)12-17-22-18(23-28-17)13-5-2-1-3-6-13/h1-8,11,16H,9-10,12H2,(H,21,25). The molecule has 0 spiro atoms. The molecule has 0 bridgehead atoms. The third kappa shape index (κ3) is 4.02. The second-order valence-electron chi connectivity index (χ2n) is 6.46. The molecule has 0 aliphatic carbocycles. The lowest BCUT2D eigenvalue weighted by Crippen LogP contribution is -2.57. The van der Waals surface area contributed by atoms with E-state index in [9.17, 15) is 13.2 Å². The van der Waals surface area contributed by atoms with Crippen LogP contribution in [0.25, 0.3) is 11.4 Å². The van der Waals surface area contributed by atoms with Crippen LogP contribution in [-0.4, -0.2) is 47.9 Å². The summed E-state index contributed by atoms with van der Waals surface area (Å²) < 4.78 is 32.7. The monoisotopic (exact) mass is 432 g/mol. The lowest BCUT2D eigenvalue weighted by atomic mass is 10.1. The first-order chi connectivity index (χ1) is 13.9. The molecule has 1 aliphatic heterocycles. The minimum absolute atomic E-state index is 0.0280. The molecule has 150 valence electrons. The topological polar surface area (TPSA) is 105 Å². The molecule has 1 unspecified atom stereocenters. The summed E-state index contributed by atoms with van der Waals surface area (Å²) in [6.45, 7) is 0.346. The number of halogens is 1. The van der Waals surface area contributed by atoms with Crippen LogP contribution < -0.4 is 5.32 Å². The molecule has 1 amide bonds. The first-order valence-electron chi connectivity index (χ1n) is 8.88. The van der Waals surface area contributed by atoms with Crippen LogP contribution in [0.2, 0.25) is 5.02 Å². The molecule has 2 heterocycles. The third-order valence-electron chi connectivity index (χ3n) is 4.55. The van der Waals surface area contributed by atoms with E-state index in [2.05, 4.69) is 15.5 Å². The van der Waals surface area contributed by atoms with Gasteiger partial charge in [0.25, 0.3) is 0 Å². The Hall–Kier alpha value is -2.75. The highest BCUT2D eigenvalue weighted by Crippen LogP contribution is 2.24. The molecule has 1 saturated heterocycles. The van der Waals surface area contributed by atoms with E-state index < -0.39 is 22.0 Å². The lowest BCUT2D eigenvalue weighted by molar-refractivity contribution is -0.126. The second kappa shape index (κ2) is 7.94. The molecule has 1 aromatic heterocycles. The van der Waals surface area contributed by atoms with Gasteiger partial charge in [0, 0.05) is 23.7 Å². The molecule has 2 aromatic carbocycles. The van der Waals surface area contributed by atoms with Gasteiger partial charge in [-0.25, -0.2) is 8.42 Å². The number of rotatable bonds is 5. The fraction of sp³-hybridized carbons (Fsp3) is 0.211. The zero-order valence-corrected chi connectivity index (χ0v) is 16.7. The van der Waals surface area contributed by atoms with Crippen molar-refractivity contribution < 1.29 is 17.7 Å². The van der Waals surface area contributed by atoms with Crippen molar-refractivity contribution in [1.82, 2.24) is 19.8 Å². The van der Waals surface area contributed by atoms with Crippen molar-refractivity contribution in [3.05, 3.63) is 65.5 Å². The van der Waals surface area contributed by atoms with Gasteiger partial charge in [-0.3, -0.25) is 4.79 Å². The highest BCUT2D eigenvalue weighted by atomic mass is 35.5. The number of carbonyl (C=O) groups excluding carboxylic acids is 1. The van der Waals surface area contributed by atoms with Crippen LogP contribution in [0.1, 0.15) is 5.89 Å². The number of amides is 1. The van der Waals surface area contributed by atoms with Crippen LogP contribution in [0.5, 0.6) is 0 Å². The molecule has 3 aromatic rings. The maximum Gasteiger partial charge on any atom is 0.243 e. The lowest BCUT2D eigenvalue weighted by Gasteiger charge is -2.33. The fourth-order valence-electron chi connectivity index (χ4n) is 3.15. The maximum absolute atomic E-state index is 13.1. The molecule has 8 nitrogen and oxygen atoms in total. The Bertz CT molecular complexity index is 1130. The number of benzene rings is 2. The van der Waals surface area contributed by atoms with Gasteiger partial charge in [0.15, 0.2) is 0 Å². The molecule has 10 heteroatoms. The van der Waals surface area contributed by atoms with Crippen molar-refractivity contribution in [3.8, 4) is 11.4 Å². The normalized spacial score (nSPS) is 17.8. The van der Waals surface area contributed by atoms with Gasteiger partial charge in [0.2, 0.25) is 27.6 Å². The molecule has 0 radical (unpaired) electrons. The number of nitrogens with zero attached hydrogens (tertiary/aromatic N) is 3. The predicted octanol–water partition coefficient (Wildman–Crippen LogP) is 2.12. The maximum atomic E-state index is 13.1. The molecule has 1 atom stereocenters. The van der Waals surface area contributed by atoms with Gasteiger partial charge in [-0.1, -0.05) is 53.2 Å². The molecule has 0 saturated carbocycles. The van der Waals surface area contributed by atoms with Crippen molar-refractivity contribution in [2.75, 3.05) is 13.1 Å². The van der Waals surface area contributed by atoms with E-state index in [4.69, 9.17) is 16.1 Å². The Morgan fingerprint density at radius 2 is 1.97 bits per heavy atom. The minimum atomic E-state index is -3.93. The van der Waals surface area contributed by atoms with E-state index in [0.717, 1.165) is 9.87 Å². The highest BCUT2D eigenvalue weighted by molar-refractivity contribution is 7.89. The van der Waals surface area contributed by atoms with Crippen LogP contribution in [0.4, 0.5) is 0 Å². The number of hydrogen-bond acceptors (Lipinski definition) is 6. The van der Waals surface area contributed by atoms with Crippen molar-refractivity contribution >= 4 is 27.5 Å². The van der Waals surface area contributed by atoms with Crippen molar-refractivity contribution in [2.45, 2.75) is 17.4 Å². The summed E-state index contributed by atoms with van der Waals surface area (Å²) >= 11 is 5.95. The summed E-state index contributed by atoms with van der Waals surface area (Å²) in [4.78, 5) is 16.8. The van der Waals surface area contributed by atoms with Crippen molar-refractivity contribution in [1.29, 1.82) is 0 Å². The molecule has 1 aliphatic rings. The van der Waals surface area contributed by atoms with Crippen LogP contribution in [0, 0.1) is 0 Å². The van der Waals surface area contributed by atoms with Gasteiger partial charge >= 0.3 is 0 Å². The van der Waals surface area contributed by atoms with Gasteiger partial charge < -0.3 is 9.84 Å². The fourth-order valence-corrected chi connectivity index (χ4v) is 5.04. The molecular weight excluding hydrogens is 416 g/mol. The Morgan fingerprint density at radius 3 is 2.72 bits per heavy atom. The van der Waals surface area contributed by atoms with E-state index >= 15 is 0 Å². The van der Waals surface area contributed by atoms with E-state index in [0.29, 0.717) is 10.8 Å². The summed E-state index contributed by atoms with van der Waals surface area (Å²) in [5.74, 6) is 0.138. The average molecular weight is 433 g/mol. The van der Waals surface area contributed by atoms with Crippen molar-refractivity contribution in [2.24, 2.45) is 0 Å². The van der Waals surface area contributed by atoms with Crippen LogP contribution in [0.15, 0.2) is 64.0 Å². The number of piperazine rings is 1. The largest absolute Gasteiger partial charge is 0.353 e. The Kier molecular flexibility index (Phi) is 5.35. The van der Waals surface area contributed by atoms with Gasteiger partial charge in [-0.05, 0) is 18.2 Å². The number of hydrogen-bond donors (Lipinski definition) is 1. The smallest absolute Gasteiger partial charge is 0.243 e. The van der Waals surface area contributed by atoms with Crippen LogP contribution >= 0.6 is 11.6 Å². The molecule has 1 fully saturated rings. The minimum Gasteiger partial charge on any atom is -0.353 e. The molecule has 1 N–H and O–H groups in total.